The van der Waals surface area contributed by atoms with E-state index in [9.17, 15) is 4.79 Å². The van der Waals surface area contributed by atoms with Gasteiger partial charge in [-0.3, -0.25) is 0 Å². The fourth-order valence-electron chi connectivity index (χ4n) is 4.03. The summed E-state index contributed by atoms with van der Waals surface area (Å²) in [6.07, 6.45) is 0.762. The van der Waals surface area contributed by atoms with E-state index in [2.05, 4.69) is 17.4 Å². The summed E-state index contributed by atoms with van der Waals surface area (Å²) in [6, 6.07) is 23.8. The zero-order valence-electron chi connectivity index (χ0n) is 17.3. The molecule has 0 spiro atoms. The van der Waals surface area contributed by atoms with Crippen LogP contribution in [0.2, 0.25) is 0 Å². The Morgan fingerprint density at radius 1 is 0.967 bits per heavy atom. The Morgan fingerprint density at radius 3 is 2.27 bits per heavy atom. The fourth-order valence-corrected chi connectivity index (χ4v) is 4.03. The first-order valence-electron chi connectivity index (χ1n) is 10.1. The predicted octanol–water partition coefficient (Wildman–Crippen LogP) is 4.56. The van der Waals surface area contributed by atoms with Gasteiger partial charge in [0.05, 0.1) is 20.3 Å². The third-order valence-corrected chi connectivity index (χ3v) is 5.54. The summed E-state index contributed by atoms with van der Waals surface area (Å²) < 4.78 is 11.0. The van der Waals surface area contributed by atoms with Crippen LogP contribution in [0, 0.1) is 0 Å². The van der Waals surface area contributed by atoms with Crippen molar-refractivity contribution in [2.75, 3.05) is 20.8 Å². The molecule has 1 aliphatic rings. The average molecular weight is 402 g/mol. The number of nitrogens with zero attached hydrogens (tertiary/aromatic N) is 1. The zero-order chi connectivity index (χ0) is 20.9. The van der Waals surface area contributed by atoms with E-state index in [1.54, 1.807) is 14.2 Å². The largest absolute Gasteiger partial charge is 0.493 e. The van der Waals surface area contributed by atoms with Crippen LogP contribution in [0.15, 0.2) is 72.8 Å². The normalized spacial score (nSPS) is 15.3. The van der Waals surface area contributed by atoms with Gasteiger partial charge in [0.1, 0.15) is 0 Å². The van der Waals surface area contributed by atoms with Crippen LogP contribution in [-0.2, 0) is 13.0 Å². The van der Waals surface area contributed by atoms with Crippen molar-refractivity contribution in [1.29, 1.82) is 0 Å². The molecule has 5 nitrogen and oxygen atoms in total. The molecule has 0 fully saturated rings. The second kappa shape index (κ2) is 8.91. The number of urea groups is 1. The number of hydrogen-bond donors (Lipinski definition) is 1. The summed E-state index contributed by atoms with van der Waals surface area (Å²) in [6.45, 7) is 1.12. The van der Waals surface area contributed by atoms with E-state index in [-0.39, 0.29) is 12.1 Å². The molecule has 154 valence electrons. The van der Waals surface area contributed by atoms with E-state index in [0.717, 1.165) is 23.1 Å². The standard InChI is InChI=1S/C25H26N2O3/c1-29-22-15-20-13-14-27(25(28)26-17-18-9-5-3-6-10-18)24(19-11-7-4-8-12-19)21(20)16-23(22)30-2/h3-12,15-16,24H,13-14,17H2,1-2H3,(H,26,28). The van der Waals surface area contributed by atoms with E-state index < -0.39 is 0 Å². The Kier molecular flexibility index (Phi) is 5.89. The minimum absolute atomic E-state index is 0.0758. The number of benzene rings is 3. The summed E-state index contributed by atoms with van der Waals surface area (Å²) >= 11 is 0. The summed E-state index contributed by atoms with van der Waals surface area (Å²) in [5.74, 6) is 1.38. The first-order valence-corrected chi connectivity index (χ1v) is 10.1. The van der Waals surface area contributed by atoms with Gasteiger partial charge in [0.25, 0.3) is 0 Å². The maximum atomic E-state index is 13.2. The number of amides is 2. The molecular formula is C25H26N2O3. The van der Waals surface area contributed by atoms with Crippen LogP contribution in [0.3, 0.4) is 0 Å². The smallest absolute Gasteiger partial charge is 0.318 e. The SMILES string of the molecule is COc1cc2c(cc1OC)C(c1ccccc1)N(C(=O)NCc1ccccc1)CC2. The van der Waals surface area contributed by atoms with Crippen LogP contribution < -0.4 is 14.8 Å². The molecule has 4 rings (SSSR count). The molecule has 1 atom stereocenters. The van der Waals surface area contributed by atoms with Gasteiger partial charge >= 0.3 is 6.03 Å². The Balaban J connectivity index is 1.68. The van der Waals surface area contributed by atoms with Gasteiger partial charge in [-0.15, -0.1) is 0 Å². The topological polar surface area (TPSA) is 50.8 Å². The van der Waals surface area contributed by atoms with Gasteiger partial charge in [0.2, 0.25) is 0 Å². The number of nitrogens with one attached hydrogen (secondary N) is 1. The number of fused-ring (bicyclic) bond motifs is 1. The molecule has 0 aromatic heterocycles. The van der Waals surface area contributed by atoms with Crippen molar-refractivity contribution < 1.29 is 14.3 Å². The summed E-state index contributed by atoms with van der Waals surface area (Å²) in [4.78, 5) is 15.1. The maximum absolute atomic E-state index is 13.2. The monoisotopic (exact) mass is 402 g/mol. The Labute approximate surface area is 177 Å². The highest BCUT2D eigenvalue weighted by atomic mass is 16.5. The number of methoxy groups -OCH3 is 2. The number of hydrogen-bond acceptors (Lipinski definition) is 3. The second-order valence-electron chi connectivity index (χ2n) is 7.31. The quantitative estimate of drug-likeness (QED) is 0.681. The molecule has 0 saturated carbocycles. The molecule has 5 heteroatoms. The molecular weight excluding hydrogens is 376 g/mol. The van der Waals surface area contributed by atoms with Gasteiger partial charge in [-0.25, -0.2) is 4.79 Å². The molecule has 0 bridgehead atoms. The molecule has 1 heterocycles. The van der Waals surface area contributed by atoms with Gasteiger partial charge in [-0.05, 0) is 40.8 Å². The number of carbonyl (C=O) groups excluding carboxylic acids is 1. The highest BCUT2D eigenvalue weighted by molar-refractivity contribution is 5.76. The lowest BCUT2D eigenvalue weighted by Crippen LogP contribution is -2.45. The van der Waals surface area contributed by atoms with Gasteiger partial charge in [0.15, 0.2) is 11.5 Å². The third-order valence-electron chi connectivity index (χ3n) is 5.54. The number of ether oxygens (including phenoxy) is 2. The summed E-state index contributed by atoms with van der Waals surface area (Å²) in [5.41, 5.74) is 4.39. The predicted molar refractivity (Wildman–Crippen MR) is 117 cm³/mol. The molecule has 0 saturated heterocycles. The lowest BCUT2D eigenvalue weighted by atomic mass is 9.88. The van der Waals surface area contributed by atoms with Gasteiger partial charge in [0, 0.05) is 13.1 Å². The summed E-state index contributed by atoms with van der Waals surface area (Å²) in [7, 11) is 3.28. The van der Waals surface area contributed by atoms with Crippen molar-refractivity contribution in [3.63, 3.8) is 0 Å². The lowest BCUT2D eigenvalue weighted by Gasteiger charge is -2.38. The van der Waals surface area contributed by atoms with Crippen molar-refractivity contribution in [1.82, 2.24) is 10.2 Å². The van der Waals surface area contributed by atoms with E-state index in [1.165, 1.54) is 5.56 Å². The van der Waals surface area contributed by atoms with Gasteiger partial charge < -0.3 is 19.7 Å². The van der Waals surface area contributed by atoms with Crippen molar-refractivity contribution in [3.05, 3.63) is 95.1 Å². The molecule has 2 amide bonds. The fraction of sp³-hybridized carbons (Fsp3) is 0.240. The van der Waals surface area contributed by atoms with Crippen molar-refractivity contribution >= 4 is 6.03 Å². The van der Waals surface area contributed by atoms with Crippen LogP contribution >= 0.6 is 0 Å². The highest BCUT2D eigenvalue weighted by Gasteiger charge is 2.33. The first kappa shape index (κ1) is 19.8. The second-order valence-corrected chi connectivity index (χ2v) is 7.31. The number of carbonyl (C=O) groups is 1. The molecule has 1 unspecified atom stereocenters. The van der Waals surface area contributed by atoms with Crippen molar-refractivity contribution in [2.24, 2.45) is 0 Å². The van der Waals surface area contributed by atoms with Crippen molar-refractivity contribution in [3.8, 4) is 11.5 Å². The maximum Gasteiger partial charge on any atom is 0.318 e. The Bertz CT molecular complexity index is 1010. The van der Waals surface area contributed by atoms with E-state index in [0.29, 0.717) is 24.6 Å². The Morgan fingerprint density at radius 2 is 1.60 bits per heavy atom. The Hall–Kier alpha value is -3.47. The third kappa shape index (κ3) is 3.96. The molecule has 3 aromatic carbocycles. The number of rotatable bonds is 5. The van der Waals surface area contributed by atoms with E-state index in [4.69, 9.17) is 9.47 Å². The molecule has 1 N–H and O–H groups in total. The summed E-state index contributed by atoms with van der Waals surface area (Å²) in [5, 5.41) is 3.08. The van der Waals surface area contributed by atoms with Crippen LogP contribution in [-0.4, -0.2) is 31.7 Å². The van der Waals surface area contributed by atoms with E-state index >= 15 is 0 Å². The lowest BCUT2D eigenvalue weighted by molar-refractivity contribution is 0.179. The first-order chi connectivity index (χ1) is 14.7. The zero-order valence-corrected chi connectivity index (χ0v) is 17.3. The van der Waals surface area contributed by atoms with Crippen molar-refractivity contribution in [2.45, 2.75) is 19.0 Å². The van der Waals surface area contributed by atoms with Gasteiger partial charge in [-0.1, -0.05) is 60.7 Å². The van der Waals surface area contributed by atoms with Crippen LogP contribution in [0.5, 0.6) is 11.5 Å². The van der Waals surface area contributed by atoms with Crippen LogP contribution in [0.1, 0.15) is 28.3 Å². The minimum atomic E-state index is -0.189. The van der Waals surface area contributed by atoms with E-state index in [1.807, 2.05) is 65.6 Å². The van der Waals surface area contributed by atoms with Gasteiger partial charge in [-0.2, -0.15) is 0 Å². The van der Waals surface area contributed by atoms with Crippen LogP contribution in [0.4, 0.5) is 4.79 Å². The molecule has 30 heavy (non-hydrogen) atoms. The minimum Gasteiger partial charge on any atom is -0.493 e. The molecule has 0 aliphatic carbocycles. The highest BCUT2D eigenvalue weighted by Crippen LogP contribution is 2.40. The molecule has 0 radical (unpaired) electrons. The van der Waals surface area contributed by atoms with Crippen LogP contribution in [0.25, 0.3) is 0 Å². The average Bonchev–Trinajstić information content (AvgIpc) is 2.82. The molecule has 3 aromatic rings. The molecule has 1 aliphatic heterocycles.